The third kappa shape index (κ3) is 3.34. The summed E-state index contributed by atoms with van der Waals surface area (Å²) >= 11 is 7.91. The topological polar surface area (TPSA) is 92.0 Å². The van der Waals surface area contributed by atoms with E-state index in [4.69, 9.17) is 16.3 Å². The summed E-state index contributed by atoms with van der Waals surface area (Å²) in [7, 11) is 1.74. The number of anilines is 3. The van der Waals surface area contributed by atoms with Crippen LogP contribution < -0.4 is 20.9 Å². The Morgan fingerprint density at radius 2 is 2.23 bits per heavy atom. The van der Waals surface area contributed by atoms with Crippen molar-refractivity contribution in [2.24, 2.45) is 7.05 Å². The second kappa shape index (κ2) is 7.42. The van der Waals surface area contributed by atoms with E-state index < -0.39 is 0 Å². The van der Waals surface area contributed by atoms with Gasteiger partial charge in [-0.15, -0.1) is 11.8 Å². The van der Waals surface area contributed by atoms with Gasteiger partial charge in [0.15, 0.2) is 0 Å². The summed E-state index contributed by atoms with van der Waals surface area (Å²) in [6.07, 6.45) is 4.01. The van der Waals surface area contributed by atoms with Crippen molar-refractivity contribution in [3.63, 3.8) is 0 Å². The number of nitrogens with one attached hydrogen (secondary N) is 2. The third-order valence-electron chi connectivity index (χ3n) is 5.21. The molecule has 0 radical (unpaired) electrons. The van der Waals surface area contributed by atoms with Gasteiger partial charge in [-0.05, 0) is 37.1 Å². The Kier molecular flexibility index (Phi) is 4.72. The Balaban J connectivity index is 1.58. The van der Waals surface area contributed by atoms with Crippen molar-refractivity contribution in [2.45, 2.75) is 23.5 Å². The number of hydrogen-bond acceptors (Lipinski definition) is 7. The molecule has 2 aromatic heterocycles. The number of ether oxygens (including phenoxy) is 1. The summed E-state index contributed by atoms with van der Waals surface area (Å²) in [5, 5.41) is 18.0. The number of nitrogens with zero attached hydrogens (tertiary/aromatic N) is 3. The molecule has 2 N–H and O–H groups in total. The molecule has 7 nitrogen and oxygen atoms in total. The van der Waals surface area contributed by atoms with Crippen molar-refractivity contribution in [2.75, 3.05) is 17.2 Å². The summed E-state index contributed by atoms with van der Waals surface area (Å²) < 4.78 is 7.48. The summed E-state index contributed by atoms with van der Waals surface area (Å²) in [5.41, 5.74) is 2.97. The molecule has 1 unspecified atom stereocenters. The first-order chi connectivity index (χ1) is 14.5. The molecule has 1 aliphatic heterocycles. The van der Waals surface area contributed by atoms with E-state index in [1.165, 1.54) is 12.8 Å². The minimum Gasteiger partial charge on any atom is -0.483 e. The molecule has 2 aliphatic rings. The molecule has 1 fully saturated rings. The standard InChI is InChI=1S/C21H18ClN5O2S/c1-27-16-5-2-11(25-15-6-7-24-20(22)14(15)9-23)8-13(16)18-19(21(27)28)29-10-17(26-18)30-12-3-4-12/h2,5-8,12,17,26H,3-4,10H2,1H3,(H,24,25). The first-order valence-corrected chi connectivity index (χ1v) is 10.9. The van der Waals surface area contributed by atoms with Gasteiger partial charge in [0.25, 0.3) is 5.56 Å². The van der Waals surface area contributed by atoms with Crippen LogP contribution in [0.15, 0.2) is 35.3 Å². The Hall–Kier alpha value is -2.89. The van der Waals surface area contributed by atoms with Crippen LogP contribution in [0.4, 0.5) is 17.1 Å². The molecule has 1 atom stereocenters. The monoisotopic (exact) mass is 439 g/mol. The second-order valence-corrected chi connectivity index (χ2v) is 9.21. The van der Waals surface area contributed by atoms with Crippen LogP contribution in [0.3, 0.4) is 0 Å². The van der Waals surface area contributed by atoms with Crippen LogP contribution >= 0.6 is 23.4 Å². The maximum Gasteiger partial charge on any atom is 0.295 e. The van der Waals surface area contributed by atoms with E-state index in [2.05, 4.69) is 21.7 Å². The molecule has 3 heterocycles. The van der Waals surface area contributed by atoms with Gasteiger partial charge in [-0.2, -0.15) is 5.26 Å². The van der Waals surface area contributed by atoms with Gasteiger partial charge in [0.05, 0.1) is 16.9 Å². The van der Waals surface area contributed by atoms with Crippen molar-refractivity contribution in [3.8, 4) is 11.8 Å². The van der Waals surface area contributed by atoms with E-state index in [1.807, 2.05) is 30.0 Å². The Labute approximate surface area is 182 Å². The summed E-state index contributed by atoms with van der Waals surface area (Å²) in [4.78, 5) is 16.7. The van der Waals surface area contributed by atoms with Crippen LogP contribution in [0.2, 0.25) is 5.15 Å². The average Bonchev–Trinajstić information content (AvgIpc) is 3.56. The van der Waals surface area contributed by atoms with Gasteiger partial charge in [0.2, 0.25) is 5.75 Å². The molecule has 5 rings (SSSR count). The molecular formula is C21H18ClN5O2S. The normalized spacial score (nSPS) is 17.6. The highest BCUT2D eigenvalue weighted by molar-refractivity contribution is 8.00. The lowest BCUT2D eigenvalue weighted by Crippen LogP contribution is -2.34. The van der Waals surface area contributed by atoms with Crippen molar-refractivity contribution >= 4 is 51.3 Å². The molecule has 0 saturated heterocycles. The minimum atomic E-state index is -0.159. The highest BCUT2D eigenvalue weighted by atomic mass is 35.5. The van der Waals surface area contributed by atoms with Gasteiger partial charge in [-0.3, -0.25) is 4.79 Å². The van der Waals surface area contributed by atoms with Gasteiger partial charge in [-0.1, -0.05) is 11.6 Å². The largest absolute Gasteiger partial charge is 0.483 e. The van der Waals surface area contributed by atoms with Gasteiger partial charge >= 0.3 is 0 Å². The number of thioether (sulfide) groups is 1. The predicted octanol–water partition coefficient (Wildman–Crippen LogP) is 4.23. The maximum atomic E-state index is 12.8. The highest BCUT2D eigenvalue weighted by Crippen LogP contribution is 2.42. The number of aromatic nitrogens is 2. The quantitative estimate of drug-likeness (QED) is 0.587. The Morgan fingerprint density at radius 1 is 1.40 bits per heavy atom. The number of fused-ring (bicyclic) bond motifs is 3. The number of pyridine rings is 2. The molecule has 9 heteroatoms. The molecule has 3 aromatic rings. The lowest BCUT2D eigenvalue weighted by molar-refractivity contribution is 0.308. The van der Waals surface area contributed by atoms with Crippen LogP contribution in [0.5, 0.6) is 5.75 Å². The van der Waals surface area contributed by atoms with Crippen molar-refractivity contribution in [1.29, 1.82) is 5.26 Å². The number of nitriles is 1. The van der Waals surface area contributed by atoms with Crippen LogP contribution in [-0.4, -0.2) is 26.8 Å². The predicted molar refractivity (Wildman–Crippen MR) is 120 cm³/mol. The van der Waals surface area contributed by atoms with E-state index in [0.29, 0.717) is 23.3 Å². The molecule has 1 saturated carbocycles. The molecule has 30 heavy (non-hydrogen) atoms. The average molecular weight is 440 g/mol. The third-order valence-corrected chi connectivity index (χ3v) is 6.94. The molecule has 0 amide bonds. The van der Waals surface area contributed by atoms with Crippen LogP contribution in [-0.2, 0) is 7.05 Å². The van der Waals surface area contributed by atoms with Crippen molar-refractivity contribution < 1.29 is 4.74 Å². The first kappa shape index (κ1) is 19.1. The van der Waals surface area contributed by atoms with E-state index >= 15 is 0 Å². The van der Waals surface area contributed by atoms with Gasteiger partial charge in [0, 0.05) is 29.6 Å². The lowest BCUT2D eigenvalue weighted by atomic mass is 10.1. The van der Waals surface area contributed by atoms with Crippen molar-refractivity contribution in [3.05, 3.63) is 51.5 Å². The molecule has 0 spiro atoms. The molecule has 1 aliphatic carbocycles. The Morgan fingerprint density at radius 3 is 3.00 bits per heavy atom. The zero-order valence-corrected chi connectivity index (χ0v) is 17.7. The van der Waals surface area contributed by atoms with Crippen LogP contribution in [0.1, 0.15) is 18.4 Å². The highest BCUT2D eigenvalue weighted by Gasteiger charge is 2.31. The molecule has 1 aromatic carbocycles. The van der Waals surface area contributed by atoms with E-state index in [0.717, 1.165) is 22.3 Å². The number of hydrogen-bond donors (Lipinski definition) is 2. The number of benzene rings is 1. The minimum absolute atomic E-state index is 0.112. The SMILES string of the molecule is Cn1c(=O)c2c(c3cc(Nc4ccnc(Cl)c4C#N)ccc31)NC(SC1CC1)CO2. The smallest absolute Gasteiger partial charge is 0.295 e. The molecular weight excluding hydrogens is 422 g/mol. The van der Waals surface area contributed by atoms with E-state index in [9.17, 15) is 10.1 Å². The summed E-state index contributed by atoms with van der Waals surface area (Å²) in [6, 6.07) is 9.48. The second-order valence-electron chi connectivity index (χ2n) is 7.34. The maximum absolute atomic E-state index is 12.8. The van der Waals surface area contributed by atoms with Gasteiger partial charge < -0.3 is 19.9 Å². The van der Waals surface area contributed by atoms with Gasteiger partial charge in [-0.25, -0.2) is 4.98 Å². The fourth-order valence-electron chi connectivity index (χ4n) is 3.55. The summed E-state index contributed by atoms with van der Waals surface area (Å²) in [6.45, 7) is 0.466. The number of halogens is 1. The fraction of sp³-hybridized carbons (Fsp3) is 0.286. The Bertz CT molecular complexity index is 1260. The van der Waals surface area contributed by atoms with Crippen LogP contribution in [0.25, 0.3) is 10.9 Å². The number of rotatable bonds is 4. The first-order valence-electron chi connectivity index (χ1n) is 9.58. The van der Waals surface area contributed by atoms with Crippen LogP contribution in [0, 0.1) is 11.3 Å². The summed E-state index contributed by atoms with van der Waals surface area (Å²) in [5.74, 6) is 0.347. The number of aryl methyl sites for hydroxylation is 1. The van der Waals surface area contributed by atoms with E-state index in [-0.39, 0.29) is 21.6 Å². The zero-order valence-electron chi connectivity index (χ0n) is 16.1. The van der Waals surface area contributed by atoms with E-state index in [1.54, 1.807) is 23.9 Å². The fourth-order valence-corrected chi connectivity index (χ4v) is 4.95. The zero-order chi connectivity index (χ0) is 20.8. The molecule has 0 bridgehead atoms. The lowest BCUT2D eigenvalue weighted by Gasteiger charge is -2.28. The van der Waals surface area contributed by atoms with Crippen molar-refractivity contribution in [1.82, 2.24) is 9.55 Å². The molecule has 152 valence electrons. The van der Waals surface area contributed by atoms with Gasteiger partial charge in [0.1, 0.15) is 28.8 Å².